The van der Waals surface area contributed by atoms with Crippen LogP contribution in [0, 0.1) is 0 Å². The molecule has 1 unspecified atom stereocenters. The Kier molecular flexibility index (Phi) is 6.89. The highest BCUT2D eigenvalue weighted by Gasteiger charge is 2.08. The second-order valence-corrected chi connectivity index (χ2v) is 5.73. The third kappa shape index (κ3) is 5.91. The smallest absolute Gasteiger partial charge is 0.119 e. The summed E-state index contributed by atoms with van der Waals surface area (Å²) in [5, 5.41) is 0. The minimum absolute atomic E-state index is 0.195. The van der Waals surface area contributed by atoms with Gasteiger partial charge in [-0.25, -0.2) is 0 Å². The van der Waals surface area contributed by atoms with Crippen LogP contribution in [-0.2, 0) is 0 Å². The van der Waals surface area contributed by atoms with Gasteiger partial charge < -0.3 is 9.64 Å². The fourth-order valence-electron chi connectivity index (χ4n) is 2.53. The first-order valence-corrected chi connectivity index (χ1v) is 8.43. The van der Waals surface area contributed by atoms with Gasteiger partial charge in [-0.05, 0) is 43.3 Å². The molecule has 2 nitrogen and oxygen atoms in total. The van der Waals surface area contributed by atoms with Crippen molar-refractivity contribution in [3.63, 3.8) is 0 Å². The van der Waals surface area contributed by atoms with Crippen LogP contribution in [0.25, 0.3) is 12.2 Å². The molecule has 2 aromatic rings. The number of rotatable bonds is 8. The number of nitrogens with zero attached hydrogens (tertiary/aromatic N) is 1. The van der Waals surface area contributed by atoms with Crippen LogP contribution in [0.2, 0.25) is 0 Å². The molecule has 0 aromatic heterocycles. The lowest BCUT2D eigenvalue weighted by molar-refractivity contribution is 0.153. The van der Waals surface area contributed by atoms with E-state index in [1.54, 1.807) is 0 Å². The second-order valence-electron chi connectivity index (χ2n) is 5.73. The third-order valence-electron chi connectivity index (χ3n) is 3.89. The Balaban J connectivity index is 1.90. The van der Waals surface area contributed by atoms with E-state index < -0.39 is 0 Å². The molecule has 0 N–H and O–H groups in total. The zero-order chi connectivity index (χ0) is 16.5. The zero-order valence-corrected chi connectivity index (χ0v) is 14.4. The lowest BCUT2D eigenvalue weighted by Crippen LogP contribution is -2.33. The Labute approximate surface area is 140 Å². The Morgan fingerprint density at radius 3 is 2.00 bits per heavy atom. The van der Waals surface area contributed by atoms with Crippen molar-refractivity contribution >= 4 is 12.2 Å². The summed E-state index contributed by atoms with van der Waals surface area (Å²) in [4.78, 5) is 2.38. The molecule has 0 saturated carbocycles. The quantitative estimate of drug-likeness (QED) is 0.639. The van der Waals surface area contributed by atoms with Crippen LogP contribution in [-0.4, -0.2) is 30.6 Å². The highest BCUT2D eigenvalue weighted by atomic mass is 16.5. The van der Waals surface area contributed by atoms with E-state index in [2.05, 4.69) is 62.1 Å². The van der Waals surface area contributed by atoms with Crippen molar-refractivity contribution in [1.29, 1.82) is 0 Å². The Hall–Kier alpha value is -2.06. The average Bonchev–Trinajstić information content (AvgIpc) is 2.60. The third-order valence-corrected chi connectivity index (χ3v) is 3.89. The predicted molar refractivity (Wildman–Crippen MR) is 99.7 cm³/mol. The molecular weight excluding hydrogens is 282 g/mol. The van der Waals surface area contributed by atoms with Crippen LogP contribution >= 0.6 is 0 Å². The fourth-order valence-corrected chi connectivity index (χ4v) is 2.53. The van der Waals surface area contributed by atoms with Crippen LogP contribution in [0.4, 0.5) is 0 Å². The van der Waals surface area contributed by atoms with Gasteiger partial charge in [-0.1, -0.05) is 68.5 Å². The van der Waals surface area contributed by atoms with Crippen LogP contribution < -0.4 is 4.74 Å². The standard InChI is InChI=1S/C21H27NO/c1-4-22(5-2)17-18(3)23-21-15-13-20(14-16-21)12-11-19-9-7-6-8-10-19/h6-16,18H,4-5,17H2,1-3H3. The molecule has 2 aromatic carbocycles. The van der Waals surface area contributed by atoms with Gasteiger partial charge >= 0.3 is 0 Å². The Bertz CT molecular complexity index is 585. The molecule has 0 radical (unpaired) electrons. The molecule has 0 fully saturated rings. The second kappa shape index (κ2) is 9.16. The molecule has 2 heteroatoms. The van der Waals surface area contributed by atoms with Crippen molar-refractivity contribution in [3.05, 3.63) is 65.7 Å². The van der Waals surface area contributed by atoms with Crippen molar-refractivity contribution < 1.29 is 4.74 Å². The van der Waals surface area contributed by atoms with E-state index in [0.717, 1.165) is 25.4 Å². The first kappa shape index (κ1) is 17.3. The molecule has 1 atom stereocenters. The zero-order valence-electron chi connectivity index (χ0n) is 14.4. The van der Waals surface area contributed by atoms with Crippen LogP contribution in [0.5, 0.6) is 5.75 Å². The van der Waals surface area contributed by atoms with Crippen molar-refractivity contribution in [2.24, 2.45) is 0 Å². The first-order chi connectivity index (χ1) is 11.2. The first-order valence-electron chi connectivity index (χ1n) is 8.43. The van der Waals surface area contributed by atoms with Gasteiger partial charge in [0.2, 0.25) is 0 Å². The number of likely N-dealkylation sites (N-methyl/N-ethyl adjacent to an activating group) is 1. The molecule has 122 valence electrons. The van der Waals surface area contributed by atoms with Gasteiger partial charge in [-0.3, -0.25) is 0 Å². The van der Waals surface area contributed by atoms with Gasteiger partial charge in [-0.15, -0.1) is 0 Å². The van der Waals surface area contributed by atoms with Gasteiger partial charge in [0.05, 0.1) is 0 Å². The van der Waals surface area contributed by atoms with E-state index in [1.165, 1.54) is 11.1 Å². The summed E-state index contributed by atoms with van der Waals surface area (Å²) in [6.45, 7) is 9.58. The van der Waals surface area contributed by atoms with Gasteiger partial charge in [0, 0.05) is 6.54 Å². The summed E-state index contributed by atoms with van der Waals surface area (Å²) >= 11 is 0. The van der Waals surface area contributed by atoms with E-state index >= 15 is 0 Å². The Morgan fingerprint density at radius 1 is 0.870 bits per heavy atom. The van der Waals surface area contributed by atoms with Crippen molar-refractivity contribution in [1.82, 2.24) is 4.90 Å². The summed E-state index contributed by atoms with van der Waals surface area (Å²) in [6, 6.07) is 18.6. The molecule has 0 aliphatic rings. The van der Waals surface area contributed by atoms with Crippen molar-refractivity contribution in [2.75, 3.05) is 19.6 Å². The molecule has 0 amide bonds. The molecule has 0 aliphatic carbocycles. The van der Waals surface area contributed by atoms with Gasteiger partial charge in [0.25, 0.3) is 0 Å². The van der Waals surface area contributed by atoms with Crippen LogP contribution in [0.1, 0.15) is 31.9 Å². The summed E-state index contributed by atoms with van der Waals surface area (Å²) in [7, 11) is 0. The highest BCUT2D eigenvalue weighted by Crippen LogP contribution is 2.16. The van der Waals surface area contributed by atoms with Crippen LogP contribution in [0.15, 0.2) is 54.6 Å². The van der Waals surface area contributed by atoms with E-state index in [4.69, 9.17) is 4.74 Å². The number of hydrogen-bond acceptors (Lipinski definition) is 2. The minimum Gasteiger partial charge on any atom is -0.489 e. The summed E-state index contributed by atoms with van der Waals surface area (Å²) in [6.07, 6.45) is 4.44. The van der Waals surface area contributed by atoms with Crippen molar-refractivity contribution in [3.8, 4) is 5.75 Å². The molecule has 0 saturated heterocycles. The number of ether oxygens (including phenoxy) is 1. The van der Waals surface area contributed by atoms with E-state index in [0.29, 0.717) is 0 Å². The SMILES string of the molecule is CCN(CC)CC(C)Oc1ccc(C=Cc2ccccc2)cc1. The lowest BCUT2D eigenvalue weighted by atomic mass is 10.1. The molecule has 0 spiro atoms. The molecule has 23 heavy (non-hydrogen) atoms. The summed E-state index contributed by atoms with van der Waals surface area (Å²) < 4.78 is 6.00. The molecule has 0 bridgehead atoms. The maximum absolute atomic E-state index is 6.00. The topological polar surface area (TPSA) is 12.5 Å². The van der Waals surface area contributed by atoms with Crippen molar-refractivity contribution in [2.45, 2.75) is 26.9 Å². The van der Waals surface area contributed by atoms with E-state index in [1.807, 2.05) is 30.3 Å². The largest absolute Gasteiger partial charge is 0.489 e. The monoisotopic (exact) mass is 309 g/mol. The van der Waals surface area contributed by atoms with E-state index in [9.17, 15) is 0 Å². The normalized spacial score (nSPS) is 12.7. The number of hydrogen-bond donors (Lipinski definition) is 0. The van der Waals surface area contributed by atoms with Crippen LogP contribution in [0.3, 0.4) is 0 Å². The maximum Gasteiger partial charge on any atom is 0.119 e. The Morgan fingerprint density at radius 2 is 1.43 bits per heavy atom. The summed E-state index contributed by atoms with van der Waals surface area (Å²) in [5.74, 6) is 0.932. The lowest BCUT2D eigenvalue weighted by Gasteiger charge is -2.23. The predicted octanol–water partition coefficient (Wildman–Crippen LogP) is 4.97. The van der Waals surface area contributed by atoms with E-state index in [-0.39, 0.29) is 6.10 Å². The molecule has 0 aliphatic heterocycles. The average molecular weight is 309 g/mol. The molecular formula is C21H27NO. The van der Waals surface area contributed by atoms with Gasteiger partial charge in [-0.2, -0.15) is 0 Å². The molecule has 0 heterocycles. The molecule has 2 rings (SSSR count). The minimum atomic E-state index is 0.195. The van der Waals surface area contributed by atoms with Gasteiger partial charge in [0.15, 0.2) is 0 Å². The highest BCUT2D eigenvalue weighted by molar-refractivity contribution is 5.69. The maximum atomic E-state index is 6.00. The fraction of sp³-hybridized carbons (Fsp3) is 0.333. The number of benzene rings is 2. The van der Waals surface area contributed by atoms with Gasteiger partial charge in [0.1, 0.15) is 11.9 Å². The summed E-state index contributed by atoms with van der Waals surface area (Å²) in [5.41, 5.74) is 2.39.